The number of aromatic nitrogens is 2. The monoisotopic (exact) mass is 280 g/mol. The van der Waals surface area contributed by atoms with Crippen LogP contribution < -0.4 is 0 Å². The van der Waals surface area contributed by atoms with Gasteiger partial charge in [-0.1, -0.05) is 12.1 Å². The summed E-state index contributed by atoms with van der Waals surface area (Å²) in [4.78, 5) is 2.53. The average Bonchev–Trinajstić information content (AvgIpc) is 3.10. The van der Waals surface area contributed by atoms with Crippen molar-refractivity contribution in [1.29, 1.82) is 5.26 Å². The molecule has 4 heteroatoms. The van der Waals surface area contributed by atoms with Crippen molar-refractivity contribution in [3.05, 3.63) is 53.3 Å². The second kappa shape index (κ2) is 6.11. The summed E-state index contributed by atoms with van der Waals surface area (Å²) in [6, 6.07) is 10.6. The highest BCUT2D eigenvalue weighted by molar-refractivity contribution is 5.31. The molecule has 0 N–H and O–H groups in total. The van der Waals surface area contributed by atoms with Crippen molar-refractivity contribution in [2.24, 2.45) is 0 Å². The highest BCUT2D eigenvalue weighted by atomic mass is 15.3. The standard InChI is InChI=1S/C17H20N4/c1-14-10-19-21(11-14)13-17-3-2-8-20(17)12-16-6-4-15(9-18)5-7-16/h4-7,10-11,17H,2-3,8,12-13H2,1H3/t17-/m0/s1. The summed E-state index contributed by atoms with van der Waals surface area (Å²) in [7, 11) is 0. The lowest BCUT2D eigenvalue weighted by Gasteiger charge is -2.24. The van der Waals surface area contributed by atoms with Crippen LogP contribution in [0.15, 0.2) is 36.7 Å². The van der Waals surface area contributed by atoms with Gasteiger partial charge < -0.3 is 0 Å². The number of likely N-dealkylation sites (tertiary alicyclic amines) is 1. The van der Waals surface area contributed by atoms with Gasteiger partial charge in [0.25, 0.3) is 0 Å². The number of nitriles is 1. The number of rotatable bonds is 4. The largest absolute Gasteiger partial charge is 0.294 e. The average molecular weight is 280 g/mol. The third-order valence-electron chi connectivity index (χ3n) is 4.13. The Morgan fingerprint density at radius 3 is 2.81 bits per heavy atom. The van der Waals surface area contributed by atoms with Gasteiger partial charge in [0.15, 0.2) is 0 Å². The summed E-state index contributed by atoms with van der Waals surface area (Å²) in [6.45, 7) is 5.14. The third kappa shape index (κ3) is 3.32. The molecule has 1 aliphatic heterocycles. The molecule has 4 nitrogen and oxygen atoms in total. The highest BCUT2D eigenvalue weighted by Crippen LogP contribution is 2.21. The Kier molecular flexibility index (Phi) is 4.03. The lowest BCUT2D eigenvalue weighted by Crippen LogP contribution is -2.32. The van der Waals surface area contributed by atoms with Crippen LogP contribution in [0.3, 0.4) is 0 Å². The summed E-state index contributed by atoms with van der Waals surface area (Å²) < 4.78 is 2.05. The molecule has 3 rings (SSSR count). The molecule has 1 saturated heterocycles. The topological polar surface area (TPSA) is 44.9 Å². The van der Waals surface area contributed by atoms with Crippen LogP contribution in [-0.2, 0) is 13.1 Å². The van der Waals surface area contributed by atoms with E-state index < -0.39 is 0 Å². The number of hydrogen-bond acceptors (Lipinski definition) is 3. The van der Waals surface area contributed by atoms with Gasteiger partial charge in [-0.2, -0.15) is 10.4 Å². The zero-order chi connectivity index (χ0) is 14.7. The van der Waals surface area contributed by atoms with Crippen LogP contribution >= 0.6 is 0 Å². The van der Waals surface area contributed by atoms with Crippen molar-refractivity contribution in [1.82, 2.24) is 14.7 Å². The number of hydrogen-bond donors (Lipinski definition) is 0. The van der Waals surface area contributed by atoms with Gasteiger partial charge in [0, 0.05) is 18.8 Å². The van der Waals surface area contributed by atoms with Crippen LogP contribution in [0.4, 0.5) is 0 Å². The zero-order valence-electron chi connectivity index (χ0n) is 12.4. The Bertz CT molecular complexity index is 636. The maximum absolute atomic E-state index is 8.85. The van der Waals surface area contributed by atoms with Gasteiger partial charge in [-0.25, -0.2) is 0 Å². The minimum Gasteiger partial charge on any atom is -0.294 e. The van der Waals surface area contributed by atoms with Crippen LogP contribution in [0, 0.1) is 18.3 Å². The SMILES string of the molecule is Cc1cnn(C[C@@H]2CCCN2Cc2ccc(C#N)cc2)c1. The molecule has 1 aromatic carbocycles. The summed E-state index contributed by atoms with van der Waals surface area (Å²) >= 11 is 0. The van der Waals surface area contributed by atoms with E-state index in [1.807, 2.05) is 18.3 Å². The molecular weight excluding hydrogens is 260 g/mol. The molecular formula is C17H20N4. The fourth-order valence-electron chi connectivity index (χ4n) is 3.01. The van der Waals surface area contributed by atoms with Gasteiger partial charge in [-0.3, -0.25) is 9.58 Å². The highest BCUT2D eigenvalue weighted by Gasteiger charge is 2.24. The first-order valence-electron chi connectivity index (χ1n) is 7.47. The van der Waals surface area contributed by atoms with E-state index in [1.165, 1.54) is 24.0 Å². The Morgan fingerprint density at radius 2 is 2.14 bits per heavy atom. The maximum atomic E-state index is 8.85. The van der Waals surface area contributed by atoms with Crippen LogP contribution in [0.5, 0.6) is 0 Å². The Morgan fingerprint density at radius 1 is 1.33 bits per heavy atom. The van der Waals surface area contributed by atoms with Gasteiger partial charge in [-0.05, 0) is 49.6 Å². The summed E-state index contributed by atoms with van der Waals surface area (Å²) in [5, 5.41) is 13.2. The first-order chi connectivity index (χ1) is 10.2. The normalized spacial score (nSPS) is 18.8. The summed E-state index contributed by atoms with van der Waals surface area (Å²) in [5.74, 6) is 0. The third-order valence-corrected chi connectivity index (χ3v) is 4.13. The van der Waals surface area contributed by atoms with Crippen molar-refractivity contribution < 1.29 is 0 Å². The van der Waals surface area contributed by atoms with Crippen LogP contribution in [0.1, 0.15) is 29.5 Å². The Hall–Kier alpha value is -2.12. The van der Waals surface area contributed by atoms with Gasteiger partial charge in [0.1, 0.15) is 0 Å². The second-order valence-corrected chi connectivity index (χ2v) is 5.81. The Balaban J connectivity index is 1.64. The number of nitrogens with zero attached hydrogens (tertiary/aromatic N) is 4. The lowest BCUT2D eigenvalue weighted by atomic mass is 10.1. The van der Waals surface area contributed by atoms with E-state index in [2.05, 4.69) is 46.0 Å². The van der Waals surface area contributed by atoms with Gasteiger partial charge in [0.05, 0.1) is 24.4 Å². The van der Waals surface area contributed by atoms with Gasteiger partial charge in [0.2, 0.25) is 0 Å². The fourth-order valence-corrected chi connectivity index (χ4v) is 3.01. The molecule has 0 unspecified atom stereocenters. The molecule has 0 aliphatic carbocycles. The van der Waals surface area contributed by atoms with E-state index in [0.29, 0.717) is 6.04 Å². The molecule has 0 bridgehead atoms. The molecule has 0 spiro atoms. The maximum Gasteiger partial charge on any atom is 0.0991 e. The predicted molar refractivity (Wildman–Crippen MR) is 81.6 cm³/mol. The Labute approximate surface area is 125 Å². The predicted octanol–water partition coefficient (Wildman–Crippen LogP) is 2.73. The van der Waals surface area contributed by atoms with Crippen molar-refractivity contribution in [2.75, 3.05) is 6.54 Å². The molecule has 0 radical (unpaired) electrons. The number of aryl methyl sites for hydroxylation is 1. The quantitative estimate of drug-likeness (QED) is 0.865. The molecule has 21 heavy (non-hydrogen) atoms. The van der Waals surface area contributed by atoms with Crippen molar-refractivity contribution >= 4 is 0 Å². The summed E-state index contributed by atoms with van der Waals surface area (Å²) in [6.07, 6.45) is 6.51. The van der Waals surface area contributed by atoms with E-state index in [4.69, 9.17) is 5.26 Å². The summed E-state index contributed by atoms with van der Waals surface area (Å²) in [5.41, 5.74) is 3.22. The molecule has 1 aliphatic rings. The molecule has 2 aromatic rings. The molecule has 0 amide bonds. The van der Waals surface area contributed by atoms with E-state index >= 15 is 0 Å². The van der Waals surface area contributed by atoms with Gasteiger partial charge >= 0.3 is 0 Å². The minimum absolute atomic E-state index is 0.556. The van der Waals surface area contributed by atoms with E-state index in [-0.39, 0.29) is 0 Å². The van der Waals surface area contributed by atoms with Crippen LogP contribution in [-0.4, -0.2) is 27.3 Å². The molecule has 0 saturated carbocycles. The first kappa shape index (κ1) is 13.8. The van der Waals surface area contributed by atoms with E-state index in [1.54, 1.807) is 0 Å². The molecule has 1 aromatic heterocycles. The number of benzene rings is 1. The van der Waals surface area contributed by atoms with Crippen LogP contribution in [0.2, 0.25) is 0 Å². The zero-order valence-corrected chi connectivity index (χ0v) is 12.4. The van der Waals surface area contributed by atoms with Crippen molar-refractivity contribution in [2.45, 2.75) is 38.9 Å². The molecule has 1 fully saturated rings. The van der Waals surface area contributed by atoms with Crippen LogP contribution in [0.25, 0.3) is 0 Å². The fraction of sp³-hybridized carbons (Fsp3) is 0.412. The van der Waals surface area contributed by atoms with E-state index in [9.17, 15) is 0 Å². The van der Waals surface area contributed by atoms with E-state index in [0.717, 1.165) is 25.2 Å². The smallest absolute Gasteiger partial charge is 0.0991 e. The van der Waals surface area contributed by atoms with Crippen molar-refractivity contribution in [3.8, 4) is 6.07 Å². The van der Waals surface area contributed by atoms with Gasteiger partial charge in [-0.15, -0.1) is 0 Å². The van der Waals surface area contributed by atoms with Crippen molar-refractivity contribution in [3.63, 3.8) is 0 Å². The minimum atomic E-state index is 0.556. The second-order valence-electron chi connectivity index (χ2n) is 5.81. The molecule has 2 heterocycles. The first-order valence-corrected chi connectivity index (χ1v) is 7.47. The lowest BCUT2D eigenvalue weighted by molar-refractivity contribution is 0.219. The molecule has 108 valence electrons. The molecule has 1 atom stereocenters.